The van der Waals surface area contributed by atoms with Crippen LogP contribution in [0.1, 0.15) is 30.6 Å². The second-order valence-corrected chi connectivity index (χ2v) is 6.42. The molecule has 3 rings (SSSR count). The predicted octanol–water partition coefficient (Wildman–Crippen LogP) is 2.42. The number of hydrogen-bond acceptors (Lipinski definition) is 4. The molecule has 2 amide bonds. The van der Waals surface area contributed by atoms with E-state index in [0.717, 1.165) is 17.5 Å². The molecule has 142 valence electrons. The maximum Gasteiger partial charge on any atom is 0.254 e. The van der Waals surface area contributed by atoms with Crippen LogP contribution in [0.15, 0.2) is 24.4 Å². The molecule has 3 N–H and O–H groups in total. The number of nitrogens with one attached hydrogen (secondary N) is 1. The lowest BCUT2D eigenvalue weighted by atomic mass is 10.2. The van der Waals surface area contributed by atoms with Crippen LogP contribution in [-0.4, -0.2) is 32.5 Å². The number of aryl methyl sites for hydroxylation is 2. The Labute approximate surface area is 156 Å². The molecule has 0 aliphatic heterocycles. The van der Waals surface area contributed by atoms with Crippen molar-refractivity contribution >= 4 is 28.5 Å². The van der Waals surface area contributed by atoms with Gasteiger partial charge in [-0.2, -0.15) is 0 Å². The molecule has 0 fully saturated rings. The molecule has 0 aliphatic carbocycles. The third-order valence-electron chi connectivity index (χ3n) is 4.26. The number of hydrogen-bond donors (Lipinski definition) is 2. The van der Waals surface area contributed by atoms with Crippen molar-refractivity contribution < 1.29 is 14.3 Å². The van der Waals surface area contributed by atoms with Crippen molar-refractivity contribution in [2.45, 2.75) is 20.3 Å². The van der Waals surface area contributed by atoms with Gasteiger partial charge in [0.25, 0.3) is 5.91 Å². The van der Waals surface area contributed by atoms with E-state index in [1.165, 1.54) is 6.92 Å². The highest BCUT2D eigenvalue weighted by atomic mass is 16.5. The van der Waals surface area contributed by atoms with Crippen LogP contribution in [0, 0.1) is 0 Å². The molecular formula is C19H23N5O3. The molecule has 0 unspecified atom stereocenters. The van der Waals surface area contributed by atoms with E-state index in [-0.39, 0.29) is 5.91 Å². The van der Waals surface area contributed by atoms with E-state index in [1.54, 1.807) is 10.8 Å². The van der Waals surface area contributed by atoms with Gasteiger partial charge >= 0.3 is 0 Å². The molecule has 0 radical (unpaired) electrons. The maximum absolute atomic E-state index is 11.8. The fourth-order valence-electron chi connectivity index (χ4n) is 3.08. The Balaban J connectivity index is 2.18. The van der Waals surface area contributed by atoms with Crippen molar-refractivity contribution in [1.82, 2.24) is 14.1 Å². The molecule has 0 saturated heterocycles. The first-order chi connectivity index (χ1) is 12.8. The quantitative estimate of drug-likeness (QED) is 0.696. The fourth-order valence-corrected chi connectivity index (χ4v) is 3.08. The van der Waals surface area contributed by atoms with Crippen LogP contribution in [-0.2, 0) is 18.9 Å². The van der Waals surface area contributed by atoms with Gasteiger partial charge in [0.1, 0.15) is 5.69 Å². The van der Waals surface area contributed by atoms with Crippen molar-refractivity contribution in [1.29, 1.82) is 0 Å². The van der Waals surface area contributed by atoms with E-state index >= 15 is 0 Å². The van der Waals surface area contributed by atoms with Gasteiger partial charge in [-0.3, -0.25) is 9.59 Å². The molecule has 0 atom stereocenters. The molecule has 8 heteroatoms. The number of primary amides is 1. The number of fused-ring (bicyclic) bond motifs is 1. The van der Waals surface area contributed by atoms with Gasteiger partial charge in [-0.1, -0.05) is 6.92 Å². The summed E-state index contributed by atoms with van der Waals surface area (Å²) < 4.78 is 9.56. The van der Waals surface area contributed by atoms with Crippen molar-refractivity contribution in [3.63, 3.8) is 0 Å². The van der Waals surface area contributed by atoms with Gasteiger partial charge in [0.05, 0.1) is 23.2 Å². The van der Waals surface area contributed by atoms with E-state index in [0.29, 0.717) is 35.1 Å². The van der Waals surface area contributed by atoms with Crippen LogP contribution in [0.3, 0.4) is 0 Å². The standard InChI is InChI=1S/C19H23N5O3/c1-5-8-27-17-13(18(20)26)10-23(3)16(17)19-22-14-9-12(21-11(2)25)6-7-15(14)24(19)4/h6-7,9-10H,5,8H2,1-4H3,(H2,20,26)(H,21,25). The number of anilines is 1. The third kappa shape index (κ3) is 3.38. The monoisotopic (exact) mass is 369 g/mol. The zero-order valence-corrected chi connectivity index (χ0v) is 15.9. The van der Waals surface area contributed by atoms with Crippen LogP contribution in [0.25, 0.3) is 22.6 Å². The fraction of sp³-hybridized carbons (Fsp3) is 0.316. The van der Waals surface area contributed by atoms with Gasteiger partial charge in [0, 0.05) is 32.9 Å². The summed E-state index contributed by atoms with van der Waals surface area (Å²) in [6, 6.07) is 5.52. The van der Waals surface area contributed by atoms with Crippen molar-refractivity contribution in [3.05, 3.63) is 30.0 Å². The lowest BCUT2D eigenvalue weighted by molar-refractivity contribution is -0.114. The van der Waals surface area contributed by atoms with Gasteiger partial charge in [-0.05, 0) is 24.6 Å². The largest absolute Gasteiger partial charge is 0.490 e. The van der Waals surface area contributed by atoms with E-state index in [1.807, 2.05) is 43.8 Å². The number of amides is 2. The van der Waals surface area contributed by atoms with E-state index < -0.39 is 5.91 Å². The molecule has 0 aliphatic rings. The molecular weight excluding hydrogens is 346 g/mol. The molecule has 0 saturated carbocycles. The van der Waals surface area contributed by atoms with E-state index in [4.69, 9.17) is 15.5 Å². The van der Waals surface area contributed by atoms with Gasteiger partial charge in [-0.15, -0.1) is 0 Å². The number of carbonyl (C=O) groups excluding carboxylic acids is 2. The predicted molar refractivity (Wildman–Crippen MR) is 104 cm³/mol. The first-order valence-electron chi connectivity index (χ1n) is 8.69. The molecule has 2 aromatic heterocycles. The number of aromatic nitrogens is 3. The Morgan fingerprint density at radius 2 is 2.04 bits per heavy atom. The lowest BCUT2D eigenvalue weighted by Gasteiger charge is -2.10. The first kappa shape index (κ1) is 18.5. The molecule has 0 spiro atoms. The van der Waals surface area contributed by atoms with Crippen LogP contribution in [0.2, 0.25) is 0 Å². The SMILES string of the molecule is CCCOc1c(C(N)=O)cn(C)c1-c1nc2cc(NC(C)=O)ccc2n1C. The van der Waals surface area contributed by atoms with Gasteiger partial charge in [0.2, 0.25) is 5.91 Å². The van der Waals surface area contributed by atoms with E-state index in [9.17, 15) is 9.59 Å². The molecule has 8 nitrogen and oxygen atoms in total. The Morgan fingerprint density at radius 3 is 2.67 bits per heavy atom. The number of carbonyl (C=O) groups is 2. The summed E-state index contributed by atoms with van der Waals surface area (Å²) in [5.41, 5.74) is 8.82. The third-order valence-corrected chi connectivity index (χ3v) is 4.26. The minimum absolute atomic E-state index is 0.144. The zero-order valence-electron chi connectivity index (χ0n) is 15.9. The molecule has 3 aromatic rings. The van der Waals surface area contributed by atoms with Crippen LogP contribution < -0.4 is 15.8 Å². The number of rotatable bonds is 6. The number of imidazole rings is 1. The summed E-state index contributed by atoms with van der Waals surface area (Å²) in [5, 5.41) is 2.76. The summed E-state index contributed by atoms with van der Waals surface area (Å²) in [5.74, 6) is 0.391. The zero-order chi connectivity index (χ0) is 19.7. The number of ether oxygens (including phenoxy) is 1. The summed E-state index contributed by atoms with van der Waals surface area (Å²) in [4.78, 5) is 27.9. The molecule has 0 bridgehead atoms. The second-order valence-electron chi connectivity index (χ2n) is 6.42. The maximum atomic E-state index is 11.8. The summed E-state index contributed by atoms with van der Waals surface area (Å²) in [7, 11) is 3.71. The average molecular weight is 369 g/mol. The summed E-state index contributed by atoms with van der Waals surface area (Å²) >= 11 is 0. The van der Waals surface area contributed by atoms with Gasteiger partial charge < -0.3 is 24.9 Å². The van der Waals surface area contributed by atoms with Crippen molar-refractivity contribution in [3.8, 4) is 17.3 Å². The smallest absolute Gasteiger partial charge is 0.254 e. The number of nitrogens with two attached hydrogens (primary N) is 1. The van der Waals surface area contributed by atoms with Crippen molar-refractivity contribution in [2.24, 2.45) is 19.8 Å². The first-order valence-corrected chi connectivity index (χ1v) is 8.69. The summed E-state index contributed by atoms with van der Waals surface area (Å²) in [6.07, 6.45) is 2.46. The molecule has 1 aromatic carbocycles. The van der Waals surface area contributed by atoms with E-state index in [2.05, 4.69) is 5.32 Å². The highest BCUT2D eigenvalue weighted by Gasteiger charge is 2.24. The topological polar surface area (TPSA) is 104 Å². The van der Waals surface area contributed by atoms with Gasteiger partial charge in [-0.25, -0.2) is 4.98 Å². The van der Waals surface area contributed by atoms with Crippen molar-refractivity contribution in [2.75, 3.05) is 11.9 Å². The minimum atomic E-state index is -0.547. The lowest BCUT2D eigenvalue weighted by Crippen LogP contribution is -2.12. The summed E-state index contributed by atoms with van der Waals surface area (Å²) in [6.45, 7) is 3.92. The minimum Gasteiger partial charge on any atom is -0.490 e. The Hall–Kier alpha value is -3.29. The Morgan fingerprint density at radius 1 is 1.30 bits per heavy atom. The Bertz CT molecular complexity index is 1030. The number of benzene rings is 1. The highest BCUT2D eigenvalue weighted by molar-refractivity contribution is 5.98. The normalized spacial score (nSPS) is 11.0. The number of nitrogens with zero attached hydrogens (tertiary/aromatic N) is 3. The van der Waals surface area contributed by atoms with Gasteiger partial charge in [0.15, 0.2) is 11.6 Å². The Kier molecular flexibility index (Phi) is 4.89. The average Bonchev–Trinajstić information content (AvgIpc) is 3.09. The molecule has 2 heterocycles. The van der Waals surface area contributed by atoms with Crippen LogP contribution >= 0.6 is 0 Å². The highest BCUT2D eigenvalue weighted by Crippen LogP contribution is 2.36. The van der Waals surface area contributed by atoms with Crippen LogP contribution in [0.4, 0.5) is 5.69 Å². The molecule has 27 heavy (non-hydrogen) atoms. The van der Waals surface area contributed by atoms with Crippen LogP contribution in [0.5, 0.6) is 5.75 Å². The second kappa shape index (κ2) is 7.14.